The normalized spacial score (nSPS) is 11.1. The van der Waals surface area contributed by atoms with Gasteiger partial charge in [0.25, 0.3) is 5.56 Å². The molecule has 0 saturated heterocycles. The van der Waals surface area contributed by atoms with Gasteiger partial charge in [0.15, 0.2) is 11.2 Å². The van der Waals surface area contributed by atoms with Gasteiger partial charge in [0.2, 0.25) is 0 Å². The zero-order valence-corrected chi connectivity index (χ0v) is 15.4. The van der Waals surface area contributed by atoms with Crippen molar-refractivity contribution < 1.29 is 9.53 Å². The van der Waals surface area contributed by atoms with Crippen molar-refractivity contribution >= 4 is 17.1 Å². The molecule has 0 radical (unpaired) electrons. The largest absolute Gasteiger partial charge is 0.425 e. The lowest BCUT2D eigenvalue weighted by Crippen LogP contribution is -2.42. The number of ether oxygens (including phenoxy) is 1. The number of fused-ring (bicyclic) bond motifs is 1. The number of nitrogens with zero attached hydrogens (tertiary/aromatic N) is 4. The molecule has 2 aromatic heterocycles. The molecule has 8 heteroatoms. The number of aryl methyl sites for hydroxylation is 4. The van der Waals surface area contributed by atoms with Gasteiger partial charge >= 0.3 is 11.7 Å². The molecule has 0 unspecified atom stereocenters. The molecular weight excluding hydrogens is 336 g/mol. The Morgan fingerprint density at radius 2 is 1.77 bits per heavy atom. The molecule has 0 atom stereocenters. The summed E-state index contributed by atoms with van der Waals surface area (Å²) in [6.45, 7) is 5.14. The number of esters is 1. The van der Waals surface area contributed by atoms with Crippen LogP contribution < -0.4 is 16.0 Å². The van der Waals surface area contributed by atoms with Crippen molar-refractivity contribution in [2.75, 3.05) is 0 Å². The van der Waals surface area contributed by atoms with Gasteiger partial charge in [-0.1, -0.05) is 12.1 Å². The second-order valence-corrected chi connectivity index (χ2v) is 6.39. The molecule has 0 aliphatic heterocycles. The fraction of sp³-hybridized carbons (Fsp3) is 0.333. The van der Waals surface area contributed by atoms with E-state index in [2.05, 4.69) is 4.98 Å². The van der Waals surface area contributed by atoms with Crippen LogP contribution in [-0.4, -0.2) is 24.7 Å². The summed E-state index contributed by atoms with van der Waals surface area (Å²) in [5, 5.41) is 0. The van der Waals surface area contributed by atoms with Gasteiger partial charge in [-0.2, -0.15) is 0 Å². The third kappa shape index (κ3) is 2.73. The first-order valence-electron chi connectivity index (χ1n) is 8.10. The molecule has 3 rings (SSSR count). The second-order valence-electron chi connectivity index (χ2n) is 6.39. The highest BCUT2D eigenvalue weighted by Gasteiger charge is 2.19. The minimum Gasteiger partial charge on any atom is -0.425 e. The molecule has 0 saturated carbocycles. The van der Waals surface area contributed by atoms with E-state index in [0.717, 1.165) is 21.3 Å². The van der Waals surface area contributed by atoms with E-state index in [-0.39, 0.29) is 11.2 Å². The van der Waals surface area contributed by atoms with Crippen LogP contribution in [0.15, 0.2) is 28.0 Å². The van der Waals surface area contributed by atoms with Gasteiger partial charge in [-0.3, -0.25) is 9.36 Å². The van der Waals surface area contributed by atoms with E-state index < -0.39 is 23.8 Å². The fourth-order valence-electron chi connectivity index (χ4n) is 2.89. The minimum absolute atomic E-state index is 0.253. The molecule has 136 valence electrons. The first kappa shape index (κ1) is 17.7. The van der Waals surface area contributed by atoms with Crippen molar-refractivity contribution in [2.24, 2.45) is 14.1 Å². The highest BCUT2D eigenvalue weighted by Crippen LogP contribution is 2.25. The Balaban J connectivity index is 2.01. The number of aromatic nitrogens is 4. The van der Waals surface area contributed by atoms with Crippen LogP contribution in [0.25, 0.3) is 11.2 Å². The fourth-order valence-corrected chi connectivity index (χ4v) is 2.89. The summed E-state index contributed by atoms with van der Waals surface area (Å²) >= 11 is 0. The first-order valence-corrected chi connectivity index (χ1v) is 8.10. The predicted molar refractivity (Wildman–Crippen MR) is 96.5 cm³/mol. The Bertz CT molecular complexity index is 1150. The predicted octanol–water partition coefficient (Wildman–Crippen LogP) is 0.965. The number of hydrogen-bond donors (Lipinski definition) is 0. The average molecular weight is 356 g/mol. The van der Waals surface area contributed by atoms with Crippen LogP contribution in [0.5, 0.6) is 5.75 Å². The quantitative estimate of drug-likeness (QED) is 0.515. The molecule has 0 fully saturated rings. The third-order valence-corrected chi connectivity index (χ3v) is 4.58. The molecule has 0 amide bonds. The van der Waals surface area contributed by atoms with Crippen molar-refractivity contribution in [1.82, 2.24) is 18.7 Å². The van der Waals surface area contributed by atoms with E-state index >= 15 is 0 Å². The van der Waals surface area contributed by atoms with Crippen molar-refractivity contribution in [3.05, 3.63) is 56.0 Å². The SMILES string of the molecule is Cc1ccc(C)c(OC(=O)Cn2c(=O)c3c(ncn3C)n(C)c2=O)c1C. The van der Waals surface area contributed by atoms with E-state index in [1.807, 2.05) is 32.9 Å². The lowest BCUT2D eigenvalue weighted by atomic mass is 10.1. The highest BCUT2D eigenvalue weighted by atomic mass is 16.5. The first-order chi connectivity index (χ1) is 12.2. The van der Waals surface area contributed by atoms with E-state index in [0.29, 0.717) is 5.75 Å². The summed E-state index contributed by atoms with van der Waals surface area (Å²) in [6.07, 6.45) is 1.45. The van der Waals surface area contributed by atoms with Crippen LogP contribution in [0.2, 0.25) is 0 Å². The van der Waals surface area contributed by atoms with Crippen molar-refractivity contribution in [3.8, 4) is 5.75 Å². The molecule has 0 aliphatic rings. The van der Waals surface area contributed by atoms with Gasteiger partial charge in [0, 0.05) is 14.1 Å². The molecular formula is C18H20N4O4. The van der Waals surface area contributed by atoms with Crippen LogP contribution in [0.1, 0.15) is 16.7 Å². The molecule has 2 heterocycles. The van der Waals surface area contributed by atoms with Crippen LogP contribution in [0.3, 0.4) is 0 Å². The lowest BCUT2D eigenvalue weighted by Gasteiger charge is -2.13. The van der Waals surface area contributed by atoms with E-state index in [4.69, 9.17) is 4.74 Å². The molecule has 26 heavy (non-hydrogen) atoms. The Labute approximate surface area is 149 Å². The van der Waals surface area contributed by atoms with Crippen molar-refractivity contribution in [3.63, 3.8) is 0 Å². The zero-order chi connectivity index (χ0) is 19.2. The van der Waals surface area contributed by atoms with Gasteiger partial charge in [-0.05, 0) is 37.5 Å². The lowest BCUT2D eigenvalue weighted by molar-refractivity contribution is -0.135. The molecule has 8 nitrogen and oxygen atoms in total. The smallest absolute Gasteiger partial charge is 0.333 e. The summed E-state index contributed by atoms with van der Waals surface area (Å²) in [5.41, 5.74) is 1.99. The Morgan fingerprint density at radius 1 is 1.12 bits per heavy atom. The summed E-state index contributed by atoms with van der Waals surface area (Å²) in [7, 11) is 3.16. The van der Waals surface area contributed by atoms with Crippen molar-refractivity contribution in [1.29, 1.82) is 0 Å². The number of imidazole rings is 1. The summed E-state index contributed by atoms with van der Waals surface area (Å²) in [5.74, 6) is -0.219. The second kappa shape index (κ2) is 6.29. The maximum atomic E-state index is 12.6. The van der Waals surface area contributed by atoms with Gasteiger partial charge < -0.3 is 9.30 Å². The third-order valence-electron chi connectivity index (χ3n) is 4.58. The number of hydrogen-bond acceptors (Lipinski definition) is 5. The Morgan fingerprint density at radius 3 is 2.46 bits per heavy atom. The number of carbonyl (C=O) groups is 1. The minimum atomic E-state index is -0.678. The maximum absolute atomic E-state index is 12.6. The average Bonchev–Trinajstić information content (AvgIpc) is 2.99. The molecule has 0 spiro atoms. The maximum Gasteiger partial charge on any atom is 0.333 e. The van der Waals surface area contributed by atoms with Crippen LogP contribution in [-0.2, 0) is 25.4 Å². The van der Waals surface area contributed by atoms with Crippen molar-refractivity contribution in [2.45, 2.75) is 27.3 Å². The van der Waals surface area contributed by atoms with Gasteiger partial charge in [-0.25, -0.2) is 19.1 Å². The molecule has 0 aliphatic carbocycles. The monoisotopic (exact) mass is 356 g/mol. The summed E-state index contributed by atoms with van der Waals surface area (Å²) < 4.78 is 9.10. The molecule has 0 bridgehead atoms. The van der Waals surface area contributed by atoms with Crippen LogP contribution in [0, 0.1) is 20.8 Å². The molecule has 0 N–H and O–H groups in total. The van der Waals surface area contributed by atoms with E-state index in [1.165, 1.54) is 22.5 Å². The standard InChI is InChI=1S/C18H20N4O4/c1-10-6-7-11(2)15(12(10)3)26-13(23)8-22-17(24)14-16(19-9-20(14)4)21(5)18(22)25/h6-7,9H,8H2,1-5H3. The number of rotatable bonds is 3. The van der Waals surface area contributed by atoms with Gasteiger partial charge in [0.05, 0.1) is 6.33 Å². The van der Waals surface area contributed by atoms with Crippen LogP contribution >= 0.6 is 0 Å². The van der Waals surface area contributed by atoms with E-state index in [1.54, 1.807) is 7.05 Å². The van der Waals surface area contributed by atoms with Crippen LogP contribution in [0.4, 0.5) is 0 Å². The summed E-state index contributed by atoms with van der Waals surface area (Å²) in [4.78, 5) is 41.6. The van der Waals surface area contributed by atoms with Gasteiger partial charge in [0.1, 0.15) is 12.3 Å². The molecule has 3 aromatic rings. The topological polar surface area (TPSA) is 88.1 Å². The Hall–Kier alpha value is -3.16. The zero-order valence-electron chi connectivity index (χ0n) is 15.4. The van der Waals surface area contributed by atoms with E-state index in [9.17, 15) is 14.4 Å². The number of carbonyl (C=O) groups excluding carboxylic acids is 1. The van der Waals surface area contributed by atoms with Gasteiger partial charge in [-0.15, -0.1) is 0 Å². The molecule has 1 aromatic carbocycles. The highest BCUT2D eigenvalue weighted by molar-refractivity contribution is 5.74. The summed E-state index contributed by atoms with van der Waals surface area (Å²) in [6, 6.07) is 3.80. The number of benzene rings is 1. The Kier molecular flexibility index (Phi) is 4.27.